The molecule has 0 spiro atoms. The number of fused-ring (bicyclic) bond motifs is 1. The van der Waals surface area contributed by atoms with E-state index < -0.39 is 0 Å². The molecule has 4 heteroatoms. The summed E-state index contributed by atoms with van der Waals surface area (Å²) in [6.07, 6.45) is 25.0. The van der Waals surface area contributed by atoms with Crippen LogP contribution in [0.4, 0.5) is 0 Å². The van der Waals surface area contributed by atoms with Gasteiger partial charge in [0, 0.05) is 12.5 Å². The Hall–Kier alpha value is -1.32. The summed E-state index contributed by atoms with van der Waals surface area (Å²) in [5.74, 6) is 1.08. The van der Waals surface area contributed by atoms with E-state index in [-0.39, 0.29) is 11.8 Å². The van der Waals surface area contributed by atoms with Crippen molar-refractivity contribution in [3.63, 3.8) is 0 Å². The minimum atomic E-state index is 0.192. The molecule has 1 saturated heterocycles. The van der Waals surface area contributed by atoms with Gasteiger partial charge in [0.05, 0.1) is 18.0 Å². The Morgan fingerprint density at radius 3 is 2.00 bits per heavy atom. The van der Waals surface area contributed by atoms with Crippen LogP contribution in [-0.2, 0) is 4.79 Å². The van der Waals surface area contributed by atoms with Gasteiger partial charge in [-0.3, -0.25) is 9.80 Å². The first-order chi connectivity index (χ1) is 14.8. The predicted molar refractivity (Wildman–Crippen MR) is 124 cm³/mol. The van der Waals surface area contributed by atoms with Crippen molar-refractivity contribution in [3.8, 4) is 0 Å². The number of nitrogens with zero attached hydrogens (tertiary/aromatic N) is 2. The molecular formula is C26H43N3O. The summed E-state index contributed by atoms with van der Waals surface area (Å²) >= 11 is 0. The van der Waals surface area contributed by atoms with E-state index in [0.717, 1.165) is 25.1 Å². The Bertz CT molecular complexity index is 608. The Balaban J connectivity index is 1.55. The quantitative estimate of drug-likeness (QED) is 0.588. The molecule has 4 aliphatic rings. The van der Waals surface area contributed by atoms with Crippen molar-refractivity contribution in [2.45, 2.75) is 122 Å². The molecule has 0 aromatic carbocycles. The standard InChI is InChI=1S/C26H43N3O/c30-26(22-16-10-6-3-7-11-17-22)28-23-20-27-29-19-13-12-18-24(29)25(23)21-14-8-4-1-2-5-9-15-21/h20-22,24H,1-19H2,(H,28,30). The van der Waals surface area contributed by atoms with E-state index in [4.69, 9.17) is 5.10 Å². The minimum Gasteiger partial charge on any atom is -0.324 e. The van der Waals surface area contributed by atoms with Gasteiger partial charge in [-0.2, -0.15) is 5.10 Å². The van der Waals surface area contributed by atoms with Crippen LogP contribution in [0.5, 0.6) is 0 Å². The summed E-state index contributed by atoms with van der Waals surface area (Å²) in [4.78, 5) is 13.3. The molecule has 1 N–H and O–H groups in total. The smallest absolute Gasteiger partial charge is 0.227 e. The first-order valence-corrected chi connectivity index (χ1v) is 13.2. The van der Waals surface area contributed by atoms with Crippen LogP contribution in [0.1, 0.15) is 116 Å². The molecule has 0 aromatic heterocycles. The van der Waals surface area contributed by atoms with Crippen molar-refractivity contribution in [2.24, 2.45) is 16.9 Å². The molecule has 2 aliphatic heterocycles. The molecule has 2 aliphatic carbocycles. The Labute approximate surface area is 183 Å². The van der Waals surface area contributed by atoms with Gasteiger partial charge in [0.1, 0.15) is 0 Å². The van der Waals surface area contributed by atoms with Gasteiger partial charge in [-0.1, -0.05) is 70.6 Å². The fraction of sp³-hybridized carbons (Fsp3) is 0.846. The van der Waals surface area contributed by atoms with Crippen LogP contribution < -0.4 is 5.32 Å². The van der Waals surface area contributed by atoms with Crippen molar-refractivity contribution in [3.05, 3.63) is 11.3 Å². The number of piperidine rings is 1. The van der Waals surface area contributed by atoms with Crippen molar-refractivity contribution in [1.29, 1.82) is 0 Å². The molecule has 168 valence electrons. The van der Waals surface area contributed by atoms with Gasteiger partial charge >= 0.3 is 0 Å². The van der Waals surface area contributed by atoms with E-state index in [1.54, 1.807) is 0 Å². The minimum absolute atomic E-state index is 0.192. The summed E-state index contributed by atoms with van der Waals surface area (Å²) in [6.45, 7) is 1.07. The predicted octanol–water partition coefficient (Wildman–Crippen LogP) is 6.32. The number of carbonyl (C=O) groups excluding carboxylic acids is 1. The van der Waals surface area contributed by atoms with E-state index in [1.807, 2.05) is 6.21 Å². The lowest BCUT2D eigenvalue weighted by atomic mass is 9.80. The van der Waals surface area contributed by atoms with Gasteiger partial charge in [-0.15, -0.1) is 0 Å². The van der Waals surface area contributed by atoms with Crippen LogP contribution in [0.25, 0.3) is 0 Å². The zero-order chi connectivity index (χ0) is 20.6. The van der Waals surface area contributed by atoms with Crippen molar-refractivity contribution in [1.82, 2.24) is 10.3 Å². The fourth-order valence-electron chi connectivity index (χ4n) is 6.25. The lowest BCUT2D eigenvalue weighted by molar-refractivity contribution is -0.124. The van der Waals surface area contributed by atoms with Gasteiger partial charge in [-0.05, 0) is 56.4 Å². The van der Waals surface area contributed by atoms with Crippen molar-refractivity contribution < 1.29 is 4.79 Å². The number of hydrazone groups is 1. The van der Waals surface area contributed by atoms with E-state index in [0.29, 0.717) is 12.0 Å². The molecule has 1 unspecified atom stereocenters. The second-order valence-corrected chi connectivity index (χ2v) is 10.2. The molecule has 0 bridgehead atoms. The highest BCUT2D eigenvalue weighted by atomic mass is 16.1. The molecule has 0 radical (unpaired) electrons. The number of hydrogen-bond donors (Lipinski definition) is 1. The van der Waals surface area contributed by atoms with Gasteiger partial charge in [0.2, 0.25) is 5.91 Å². The largest absolute Gasteiger partial charge is 0.324 e. The third kappa shape index (κ3) is 5.68. The van der Waals surface area contributed by atoms with Crippen LogP contribution in [0, 0.1) is 11.8 Å². The average molecular weight is 414 g/mol. The van der Waals surface area contributed by atoms with Crippen molar-refractivity contribution >= 4 is 12.1 Å². The monoisotopic (exact) mass is 413 g/mol. The maximum Gasteiger partial charge on any atom is 0.227 e. The number of amides is 1. The maximum atomic E-state index is 13.3. The molecule has 2 heterocycles. The first-order valence-electron chi connectivity index (χ1n) is 13.2. The summed E-state index contributed by atoms with van der Waals surface area (Å²) < 4.78 is 0. The molecule has 4 nitrogen and oxygen atoms in total. The molecule has 1 amide bonds. The van der Waals surface area contributed by atoms with Gasteiger partial charge in [-0.25, -0.2) is 0 Å². The third-order valence-corrected chi connectivity index (χ3v) is 8.01. The molecule has 3 fully saturated rings. The van der Waals surface area contributed by atoms with E-state index in [9.17, 15) is 4.79 Å². The molecular weight excluding hydrogens is 370 g/mol. The normalized spacial score (nSPS) is 28.0. The number of rotatable bonds is 3. The number of allylic oxidation sites excluding steroid dienone is 1. The zero-order valence-corrected chi connectivity index (χ0v) is 19.0. The van der Waals surface area contributed by atoms with Crippen LogP contribution in [0.3, 0.4) is 0 Å². The topological polar surface area (TPSA) is 44.7 Å². The van der Waals surface area contributed by atoms with Crippen LogP contribution in [0.15, 0.2) is 16.4 Å². The highest BCUT2D eigenvalue weighted by molar-refractivity contribution is 5.90. The molecule has 1 atom stereocenters. The van der Waals surface area contributed by atoms with Crippen molar-refractivity contribution in [2.75, 3.05) is 6.54 Å². The molecule has 30 heavy (non-hydrogen) atoms. The van der Waals surface area contributed by atoms with E-state index in [1.165, 1.54) is 108 Å². The Kier molecular flexibility index (Phi) is 8.28. The van der Waals surface area contributed by atoms with Crippen LogP contribution >= 0.6 is 0 Å². The van der Waals surface area contributed by atoms with Crippen LogP contribution in [-0.4, -0.2) is 29.7 Å². The molecule has 0 aromatic rings. The molecule has 4 rings (SSSR count). The average Bonchev–Trinajstić information content (AvgIpc) is 2.87. The van der Waals surface area contributed by atoms with Crippen LogP contribution in [0.2, 0.25) is 0 Å². The van der Waals surface area contributed by atoms with E-state index in [2.05, 4.69) is 10.3 Å². The Morgan fingerprint density at radius 2 is 1.33 bits per heavy atom. The highest BCUT2D eigenvalue weighted by Crippen LogP contribution is 2.37. The van der Waals surface area contributed by atoms with E-state index >= 15 is 0 Å². The highest BCUT2D eigenvalue weighted by Gasteiger charge is 2.34. The Morgan fingerprint density at radius 1 is 0.767 bits per heavy atom. The first kappa shape index (κ1) is 21.9. The number of carbonyl (C=O) groups is 1. The number of nitrogens with one attached hydrogen (secondary N) is 1. The summed E-state index contributed by atoms with van der Waals surface area (Å²) in [6, 6.07) is 0.419. The third-order valence-electron chi connectivity index (χ3n) is 8.01. The maximum absolute atomic E-state index is 13.3. The summed E-state index contributed by atoms with van der Waals surface area (Å²) in [5.41, 5.74) is 2.61. The molecule has 2 saturated carbocycles. The summed E-state index contributed by atoms with van der Waals surface area (Å²) in [5, 5.41) is 10.6. The lowest BCUT2D eigenvalue weighted by Crippen LogP contribution is -2.45. The number of hydrogen-bond acceptors (Lipinski definition) is 3. The second kappa shape index (κ2) is 11.3. The SMILES string of the molecule is O=C(NC1=C(C2CCCCCCCC2)C2CCCCN2N=C1)C1CCCCCCC1. The fourth-order valence-corrected chi connectivity index (χ4v) is 6.25. The van der Waals surface area contributed by atoms with Gasteiger partial charge in [0.15, 0.2) is 0 Å². The summed E-state index contributed by atoms with van der Waals surface area (Å²) in [7, 11) is 0. The van der Waals surface area contributed by atoms with Gasteiger partial charge in [0.25, 0.3) is 0 Å². The second-order valence-electron chi connectivity index (χ2n) is 10.2. The lowest BCUT2D eigenvalue weighted by Gasteiger charge is -2.41. The zero-order valence-electron chi connectivity index (χ0n) is 19.0. The van der Waals surface area contributed by atoms with Gasteiger partial charge < -0.3 is 5.32 Å².